The molecule has 2 saturated heterocycles. The van der Waals surface area contributed by atoms with Crippen molar-refractivity contribution in [2.45, 2.75) is 51.2 Å². The number of likely N-dealkylation sites (tertiary alicyclic amines) is 1. The fraction of sp³-hybridized carbons (Fsp3) is 1.00. The fourth-order valence-electron chi connectivity index (χ4n) is 2.78. The summed E-state index contributed by atoms with van der Waals surface area (Å²) in [5.74, 6) is 0. The molecule has 0 saturated carbocycles. The predicted octanol–water partition coefficient (Wildman–Crippen LogP) is 1.63. The van der Waals surface area contributed by atoms with E-state index in [1.165, 1.54) is 51.7 Å². The summed E-state index contributed by atoms with van der Waals surface area (Å²) in [6, 6.07) is 0.734. The van der Waals surface area contributed by atoms with Gasteiger partial charge in [-0.05, 0) is 51.7 Å². The molecule has 0 spiro atoms. The molecule has 94 valence electrons. The highest BCUT2D eigenvalue weighted by Crippen LogP contribution is 2.14. The maximum Gasteiger partial charge on any atom is 0.0700 e. The molecule has 2 aliphatic heterocycles. The largest absolute Gasteiger partial charge is 0.377 e. The lowest BCUT2D eigenvalue weighted by Crippen LogP contribution is -2.44. The highest BCUT2D eigenvalue weighted by Gasteiger charge is 2.20. The molecule has 2 fully saturated rings. The molecule has 0 aromatic heterocycles. The number of rotatable bonds is 5. The van der Waals surface area contributed by atoms with Crippen LogP contribution >= 0.6 is 0 Å². The van der Waals surface area contributed by atoms with E-state index in [4.69, 9.17) is 4.74 Å². The standard InChI is InChI=1S/C13H26N2O/c1-2-7-15-8-5-12(6-9-15)14-11-13-4-3-10-16-13/h12-14H,2-11H2,1H3. The van der Waals surface area contributed by atoms with E-state index in [9.17, 15) is 0 Å². The number of ether oxygens (including phenoxy) is 1. The van der Waals surface area contributed by atoms with Crippen LogP contribution in [0.1, 0.15) is 39.0 Å². The van der Waals surface area contributed by atoms with Crippen molar-refractivity contribution in [1.82, 2.24) is 10.2 Å². The maximum absolute atomic E-state index is 5.63. The minimum atomic E-state index is 0.494. The Labute approximate surface area is 99.5 Å². The Bertz CT molecular complexity index is 184. The molecule has 0 bridgehead atoms. The van der Waals surface area contributed by atoms with Crippen molar-refractivity contribution in [3.8, 4) is 0 Å². The van der Waals surface area contributed by atoms with Gasteiger partial charge in [-0.15, -0.1) is 0 Å². The van der Waals surface area contributed by atoms with Gasteiger partial charge in [0.2, 0.25) is 0 Å². The van der Waals surface area contributed by atoms with E-state index in [1.54, 1.807) is 0 Å². The minimum Gasteiger partial charge on any atom is -0.377 e. The molecule has 16 heavy (non-hydrogen) atoms. The average Bonchev–Trinajstić information content (AvgIpc) is 2.82. The molecule has 2 rings (SSSR count). The van der Waals surface area contributed by atoms with Crippen molar-refractivity contribution in [2.75, 3.05) is 32.8 Å². The Morgan fingerprint density at radius 1 is 1.25 bits per heavy atom. The van der Waals surface area contributed by atoms with Gasteiger partial charge in [0, 0.05) is 19.2 Å². The third-order valence-electron chi connectivity index (χ3n) is 3.79. The molecular weight excluding hydrogens is 200 g/mol. The van der Waals surface area contributed by atoms with Gasteiger partial charge in [-0.25, -0.2) is 0 Å². The summed E-state index contributed by atoms with van der Waals surface area (Å²) >= 11 is 0. The first kappa shape index (κ1) is 12.3. The molecule has 3 nitrogen and oxygen atoms in total. The van der Waals surface area contributed by atoms with Crippen molar-refractivity contribution < 1.29 is 4.74 Å². The molecule has 3 heteroatoms. The van der Waals surface area contributed by atoms with E-state index in [1.807, 2.05) is 0 Å². The van der Waals surface area contributed by atoms with Crippen LogP contribution in [0, 0.1) is 0 Å². The lowest BCUT2D eigenvalue weighted by Gasteiger charge is -2.32. The van der Waals surface area contributed by atoms with Crippen molar-refractivity contribution in [3.63, 3.8) is 0 Å². The van der Waals surface area contributed by atoms with E-state index in [0.717, 1.165) is 19.2 Å². The van der Waals surface area contributed by atoms with Gasteiger partial charge in [0.15, 0.2) is 0 Å². The van der Waals surface area contributed by atoms with Crippen LogP contribution in [0.2, 0.25) is 0 Å². The molecule has 2 heterocycles. The van der Waals surface area contributed by atoms with Gasteiger partial charge in [-0.3, -0.25) is 0 Å². The molecule has 0 amide bonds. The van der Waals surface area contributed by atoms with Crippen molar-refractivity contribution in [1.29, 1.82) is 0 Å². The number of hydrogen-bond donors (Lipinski definition) is 1. The lowest BCUT2D eigenvalue weighted by atomic mass is 10.0. The monoisotopic (exact) mass is 226 g/mol. The van der Waals surface area contributed by atoms with Crippen LogP contribution < -0.4 is 5.32 Å². The third-order valence-corrected chi connectivity index (χ3v) is 3.79. The molecule has 1 unspecified atom stereocenters. The Kier molecular flexibility index (Phi) is 5.07. The Hall–Kier alpha value is -0.120. The molecule has 1 atom stereocenters. The van der Waals surface area contributed by atoms with Crippen LogP contribution in [0.5, 0.6) is 0 Å². The molecular formula is C13H26N2O. The molecule has 0 aliphatic carbocycles. The quantitative estimate of drug-likeness (QED) is 0.771. The van der Waals surface area contributed by atoms with E-state index in [2.05, 4.69) is 17.1 Å². The van der Waals surface area contributed by atoms with Crippen molar-refractivity contribution in [3.05, 3.63) is 0 Å². The molecule has 2 aliphatic rings. The number of piperidine rings is 1. The summed E-state index contributed by atoms with van der Waals surface area (Å²) in [5, 5.41) is 3.67. The van der Waals surface area contributed by atoms with Gasteiger partial charge >= 0.3 is 0 Å². The van der Waals surface area contributed by atoms with Gasteiger partial charge in [0.05, 0.1) is 6.10 Å². The van der Waals surface area contributed by atoms with Crippen molar-refractivity contribution >= 4 is 0 Å². The Balaban J connectivity index is 1.57. The first-order chi connectivity index (χ1) is 7.88. The zero-order valence-electron chi connectivity index (χ0n) is 10.6. The molecule has 0 aromatic rings. The Morgan fingerprint density at radius 3 is 2.69 bits per heavy atom. The third kappa shape index (κ3) is 3.72. The van der Waals surface area contributed by atoms with Crippen LogP contribution in [0.15, 0.2) is 0 Å². The van der Waals surface area contributed by atoms with Crippen LogP contribution in [0.4, 0.5) is 0 Å². The van der Waals surface area contributed by atoms with Crippen LogP contribution in [-0.4, -0.2) is 49.8 Å². The molecule has 0 radical (unpaired) electrons. The number of hydrogen-bond acceptors (Lipinski definition) is 3. The Morgan fingerprint density at radius 2 is 2.06 bits per heavy atom. The molecule has 0 aromatic carbocycles. The van der Waals surface area contributed by atoms with Gasteiger partial charge < -0.3 is 15.0 Å². The first-order valence-electron chi connectivity index (χ1n) is 6.96. The zero-order chi connectivity index (χ0) is 11.2. The predicted molar refractivity (Wildman–Crippen MR) is 66.7 cm³/mol. The second kappa shape index (κ2) is 6.58. The summed E-state index contributed by atoms with van der Waals surface area (Å²) in [7, 11) is 0. The second-order valence-electron chi connectivity index (χ2n) is 5.16. The van der Waals surface area contributed by atoms with E-state index >= 15 is 0 Å². The van der Waals surface area contributed by atoms with Crippen LogP contribution in [0.25, 0.3) is 0 Å². The summed E-state index contributed by atoms with van der Waals surface area (Å²) in [6.45, 7) is 8.13. The fourth-order valence-corrected chi connectivity index (χ4v) is 2.78. The van der Waals surface area contributed by atoms with E-state index < -0.39 is 0 Å². The van der Waals surface area contributed by atoms with Gasteiger partial charge in [0.25, 0.3) is 0 Å². The summed E-state index contributed by atoms with van der Waals surface area (Å²) < 4.78 is 5.63. The summed E-state index contributed by atoms with van der Waals surface area (Å²) in [4.78, 5) is 2.59. The minimum absolute atomic E-state index is 0.494. The van der Waals surface area contributed by atoms with E-state index in [0.29, 0.717) is 6.10 Å². The highest BCUT2D eigenvalue weighted by atomic mass is 16.5. The normalized spacial score (nSPS) is 28.7. The van der Waals surface area contributed by atoms with E-state index in [-0.39, 0.29) is 0 Å². The highest BCUT2D eigenvalue weighted by molar-refractivity contribution is 4.79. The first-order valence-corrected chi connectivity index (χ1v) is 6.96. The maximum atomic E-state index is 5.63. The average molecular weight is 226 g/mol. The van der Waals surface area contributed by atoms with Gasteiger partial charge in [-0.2, -0.15) is 0 Å². The topological polar surface area (TPSA) is 24.5 Å². The second-order valence-corrected chi connectivity index (χ2v) is 5.16. The van der Waals surface area contributed by atoms with Crippen molar-refractivity contribution in [2.24, 2.45) is 0 Å². The smallest absolute Gasteiger partial charge is 0.0700 e. The number of nitrogens with one attached hydrogen (secondary N) is 1. The van der Waals surface area contributed by atoms with Crippen LogP contribution in [-0.2, 0) is 4.74 Å². The summed E-state index contributed by atoms with van der Waals surface area (Å²) in [6.07, 6.45) is 6.91. The van der Waals surface area contributed by atoms with Gasteiger partial charge in [0.1, 0.15) is 0 Å². The lowest BCUT2D eigenvalue weighted by molar-refractivity contribution is 0.102. The van der Waals surface area contributed by atoms with Gasteiger partial charge in [-0.1, -0.05) is 6.92 Å². The SMILES string of the molecule is CCCN1CCC(NCC2CCCO2)CC1. The summed E-state index contributed by atoms with van der Waals surface area (Å²) in [5.41, 5.74) is 0. The molecule has 1 N–H and O–H groups in total. The van der Waals surface area contributed by atoms with Crippen LogP contribution in [0.3, 0.4) is 0 Å². The number of nitrogens with zero attached hydrogens (tertiary/aromatic N) is 1. The zero-order valence-corrected chi connectivity index (χ0v) is 10.6.